The molecule has 14 heteroatoms. The SMILES string of the molecule is O=S(=O)(O)C(CF)C(F)C(O)(CCCO)C(CF)(CF)S(=O)(=O)O. The van der Waals surface area contributed by atoms with Gasteiger partial charge in [-0.1, -0.05) is 0 Å². The van der Waals surface area contributed by atoms with Crippen LogP contribution in [0.1, 0.15) is 12.8 Å². The van der Waals surface area contributed by atoms with Crippen LogP contribution in [0.2, 0.25) is 0 Å². The molecule has 3 unspecified atom stereocenters. The van der Waals surface area contributed by atoms with Crippen molar-refractivity contribution in [2.75, 3.05) is 26.6 Å². The number of hydrogen-bond donors (Lipinski definition) is 4. The lowest BCUT2D eigenvalue weighted by Gasteiger charge is -2.44. The maximum Gasteiger partial charge on any atom is 0.278 e. The Morgan fingerprint density at radius 3 is 1.71 bits per heavy atom. The highest BCUT2D eigenvalue weighted by molar-refractivity contribution is 7.87. The van der Waals surface area contributed by atoms with Crippen molar-refractivity contribution in [3.63, 3.8) is 0 Å². The number of halogens is 4. The maximum absolute atomic E-state index is 14.5. The first kappa shape index (κ1) is 23.5. The summed E-state index contributed by atoms with van der Waals surface area (Å²) in [4.78, 5) is 0. The van der Waals surface area contributed by atoms with E-state index < -0.39 is 81.5 Å². The van der Waals surface area contributed by atoms with Crippen LogP contribution in [0.4, 0.5) is 17.6 Å². The standard InChI is InChI=1S/C10H18F4O8S2/c11-4-7(23(17,18)19)8(14)10(16,2-1-3-15)9(5-12,6-13)24(20,21)22/h7-8,15-16H,1-6H2,(H,17,18,19)(H,20,21,22). The summed E-state index contributed by atoms with van der Waals surface area (Å²) in [6.45, 7) is -7.80. The summed E-state index contributed by atoms with van der Waals surface area (Å²) in [5.74, 6) is 0. The topological polar surface area (TPSA) is 149 Å². The molecule has 8 nitrogen and oxygen atoms in total. The first-order valence-corrected chi connectivity index (χ1v) is 9.32. The molecule has 0 radical (unpaired) electrons. The van der Waals surface area contributed by atoms with Crippen molar-refractivity contribution in [1.82, 2.24) is 0 Å². The third-order valence-electron chi connectivity index (χ3n) is 3.75. The summed E-state index contributed by atoms with van der Waals surface area (Å²) in [7, 11) is -11.4. The second kappa shape index (κ2) is 8.23. The molecule has 0 aromatic heterocycles. The monoisotopic (exact) mass is 406 g/mol. The first-order chi connectivity index (χ1) is 10.8. The Kier molecular flexibility index (Phi) is 8.04. The highest BCUT2D eigenvalue weighted by atomic mass is 32.2. The molecular formula is C10H18F4O8S2. The van der Waals surface area contributed by atoms with Gasteiger partial charge in [-0.2, -0.15) is 16.8 Å². The molecule has 0 aliphatic rings. The van der Waals surface area contributed by atoms with Crippen LogP contribution in [0.3, 0.4) is 0 Å². The minimum atomic E-state index is -5.87. The molecule has 3 atom stereocenters. The van der Waals surface area contributed by atoms with E-state index in [1.54, 1.807) is 0 Å². The van der Waals surface area contributed by atoms with Crippen LogP contribution < -0.4 is 0 Å². The third kappa shape index (κ3) is 4.16. The second-order valence-corrected chi connectivity index (χ2v) is 8.46. The minimum Gasteiger partial charge on any atom is -0.396 e. The van der Waals surface area contributed by atoms with Crippen LogP contribution in [0, 0.1) is 0 Å². The Morgan fingerprint density at radius 2 is 1.46 bits per heavy atom. The molecule has 146 valence electrons. The van der Waals surface area contributed by atoms with E-state index in [1.165, 1.54) is 0 Å². The predicted octanol–water partition coefficient (Wildman–Crippen LogP) is -0.380. The van der Waals surface area contributed by atoms with Gasteiger partial charge in [-0.05, 0) is 12.8 Å². The lowest BCUT2D eigenvalue weighted by Crippen LogP contribution is -2.69. The fourth-order valence-electron chi connectivity index (χ4n) is 2.21. The van der Waals surface area contributed by atoms with Gasteiger partial charge >= 0.3 is 0 Å². The smallest absolute Gasteiger partial charge is 0.278 e. The van der Waals surface area contributed by atoms with Crippen LogP contribution in [0.15, 0.2) is 0 Å². The molecule has 24 heavy (non-hydrogen) atoms. The summed E-state index contributed by atoms with van der Waals surface area (Å²) in [6.07, 6.45) is -5.49. The highest BCUT2D eigenvalue weighted by Crippen LogP contribution is 2.41. The van der Waals surface area contributed by atoms with Gasteiger partial charge in [0, 0.05) is 6.61 Å². The zero-order chi connectivity index (χ0) is 19.4. The molecule has 0 spiro atoms. The highest BCUT2D eigenvalue weighted by Gasteiger charge is 2.66. The summed E-state index contributed by atoms with van der Waals surface area (Å²) in [6, 6.07) is 0. The molecule has 0 heterocycles. The number of aliphatic hydroxyl groups is 2. The average molecular weight is 406 g/mol. The second-order valence-electron chi connectivity index (χ2n) is 5.10. The zero-order valence-electron chi connectivity index (χ0n) is 12.1. The molecule has 0 saturated carbocycles. The van der Waals surface area contributed by atoms with E-state index in [1.807, 2.05) is 0 Å². The van der Waals surface area contributed by atoms with E-state index in [2.05, 4.69) is 0 Å². The van der Waals surface area contributed by atoms with Crippen molar-refractivity contribution < 1.29 is 53.7 Å². The van der Waals surface area contributed by atoms with Crippen molar-refractivity contribution in [3.8, 4) is 0 Å². The van der Waals surface area contributed by atoms with Gasteiger partial charge in [-0.25, -0.2) is 17.6 Å². The zero-order valence-corrected chi connectivity index (χ0v) is 13.8. The first-order valence-electron chi connectivity index (χ1n) is 6.37. The van der Waals surface area contributed by atoms with Crippen molar-refractivity contribution >= 4 is 20.2 Å². The van der Waals surface area contributed by atoms with E-state index in [9.17, 15) is 39.5 Å². The van der Waals surface area contributed by atoms with E-state index in [0.29, 0.717) is 0 Å². The molecule has 0 aliphatic carbocycles. The molecule has 0 rings (SSSR count). The lowest BCUT2D eigenvalue weighted by atomic mass is 9.79. The molecule has 0 bridgehead atoms. The number of rotatable bonds is 11. The molecule has 4 N–H and O–H groups in total. The molecular weight excluding hydrogens is 388 g/mol. The van der Waals surface area contributed by atoms with E-state index >= 15 is 0 Å². The third-order valence-corrected chi connectivity index (χ3v) is 6.44. The summed E-state index contributed by atoms with van der Waals surface area (Å²) >= 11 is 0. The summed E-state index contributed by atoms with van der Waals surface area (Å²) < 4.78 is 113. The Bertz CT molecular complexity index is 606. The van der Waals surface area contributed by atoms with Gasteiger partial charge in [0.05, 0.1) is 0 Å². The fraction of sp³-hybridized carbons (Fsp3) is 1.00. The van der Waals surface area contributed by atoms with Gasteiger partial charge in [0.15, 0.2) is 10.9 Å². The van der Waals surface area contributed by atoms with Gasteiger partial charge in [-0.15, -0.1) is 0 Å². The predicted molar refractivity (Wildman–Crippen MR) is 73.7 cm³/mol. The minimum absolute atomic E-state index is 0.682. The lowest BCUT2D eigenvalue weighted by molar-refractivity contribution is -0.0940. The van der Waals surface area contributed by atoms with Gasteiger partial charge < -0.3 is 10.2 Å². The fourth-order valence-corrected chi connectivity index (χ4v) is 3.83. The summed E-state index contributed by atoms with van der Waals surface area (Å²) in [5.41, 5.74) is -3.81. The van der Waals surface area contributed by atoms with Crippen molar-refractivity contribution in [2.45, 2.75) is 34.6 Å². The van der Waals surface area contributed by atoms with Crippen molar-refractivity contribution in [1.29, 1.82) is 0 Å². The Morgan fingerprint density at radius 1 is 1.00 bits per heavy atom. The average Bonchev–Trinajstić information content (AvgIpc) is 2.44. The quantitative estimate of drug-likeness (QED) is 0.268. The van der Waals surface area contributed by atoms with Crippen LogP contribution >= 0.6 is 0 Å². The van der Waals surface area contributed by atoms with Crippen LogP contribution in [-0.4, -0.2) is 84.6 Å². The van der Waals surface area contributed by atoms with Gasteiger partial charge in [-0.3, -0.25) is 9.11 Å². The van der Waals surface area contributed by atoms with Crippen LogP contribution in [0.25, 0.3) is 0 Å². The maximum atomic E-state index is 14.5. The number of aliphatic hydroxyl groups excluding tert-OH is 1. The normalized spacial score (nSPS) is 18.8. The van der Waals surface area contributed by atoms with Crippen LogP contribution in [-0.2, 0) is 20.2 Å². The molecule has 0 aromatic rings. The molecule has 0 amide bonds. The van der Waals surface area contributed by atoms with Gasteiger partial charge in [0.2, 0.25) is 0 Å². The van der Waals surface area contributed by atoms with Gasteiger partial charge in [0.25, 0.3) is 20.2 Å². The molecule has 0 saturated heterocycles. The number of hydrogen-bond acceptors (Lipinski definition) is 6. The number of alkyl halides is 4. The summed E-state index contributed by atoms with van der Waals surface area (Å²) in [5, 5.41) is 15.9. The van der Waals surface area contributed by atoms with Crippen molar-refractivity contribution in [2.24, 2.45) is 0 Å². The molecule has 0 aliphatic heterocycles. The Hall–Kier alpha value is -0.540. The largest absolute Gasteiger partial charge is 0.396 e. The van der Waals surface area contributed by atoms with E-state index in [4.69, 9.17) is 14.2 Å². The van der Waals surface area contributed by atoms with E-state index in [0.717, 1.165) is 0 Å². The molecule has 0 fully saturated rings. The van der Waals surface area contributed by atoms with Crippen molar-refractivity contribution in [3.05, 3.63) is 0 Å². The Labute approximate surface area is 136 Å². The van der Waals surface area contributed by atoms with E-state index in [-0.39, 0.29) is 0 Å². The molecule has 0 aromatic carbocycles. The van der Waals surface area contributed by atoms with Gasteiger partial charge in [0.1, 0.15) is 30.9 Å². The Balaban J connectivity index is 6.50. The van der Waals surface area contributed by atoms with Crippen LogP contribution in [0.5, 0.6) is 0 Å².